The Balaban J connectivity index is 2.39. The second-order valence-electron chi connectivity index (χ2n) is 5.67. The lowest BCUT2D eigenvalue weighted by molar-refractivity contribution is -0.210. The Bertz CT molecular complexity index is 500. The van der Waals surface area contributed by atoms with Crippen LogP contribution in [-0.4, -0.2) is 40.9 Å². The second-order valence-corrected chi connectivity index (χ2v) is 5.67. The van der Waals surface area contributed by atoms with Gasteiger partial charge in [-0.2, -0.15) is 0 Å². The summed E-state index contributed by atoms with van der Waals surface area (Å²) in [6.07, 6.45) is 0. The van der Waals surface area contributed by atoms with E-state index >= 15 is 0 Å². The molecule has 0 aliphatic carbocycles. The quantitative estimate of drug-likeness (QED) is 0.921. The highest BCUT2D eigenvalue weighted by Crippen LogP contribution is 2.41. The van der Waals surface area contributed by atoms with Gasteiger partial charge in [-0.05, 0) is 30.5 Å². The number of hydroxylamine groups is 2. The van der Waals surface area contributed by atoms with Crippen molar-refractivity contribution in [2.24, 2.45) is 5.92 Å². The molecule has 0 spiro atoms. The van der Waals surface area contributed by atoms with Crippen LogP contribution in [0.1, 0.15) is 32.4 Å². The van der Waals surface area contributed by atoms with Gasteiger partial charge in [0.05, 0.1) is 7.11 Å². The van der Waals surface area contributed by atoms with Gasteiger partial charge in [0.1, 0.15) is 17.5 Å². The molecule has 1 aliphatic rings. The number of hydrogen-bond donors (Lipinski definition) is 1. The molecule has 1 aromatic rings. The third-order valence-corrected chi connectivity index (χ3v) is 4.48. The number of likely N-dealkylation sites (N-methyl/N-ethyl adjacent to an activating group) is 1. The summed E-state index contributed by atoms with van der Waals surface area (Å²) in [5.74, 6) is 0.724. The monoisotopic (exact) mass is 278 g/mol. The lowest BCUT2D eigenvalue weighted by Crippen LogP contribution is -2.52. The van der Waals surface area contributed by atoms with E-state index in [1.54, 1.807) is 31.2 Å². The van der Waals surface area contributed by atoms with Crippen LogP contribution >= 0.6 is 0 Å². The molecule has 1 fully saturated rings. The average molecular weight is 278 g/mol. The maximum Gasteiger partial charge on any atom is 0.248 e. The highest BCUT2D eigenvalue weighted by Gasteiger charge is 2.54. The van der Waals surface area contributed by atoms with Gasteiger partial charge in [0.15, 0.2) is 0 Å². The van der Waals surface area contributed by atoms with Crippen LogP contribution in [0.15, 0.2) is 24.3 Å². The molecular weight excluding hydrogens is 256 g/mol. The van der Waals surface area contributed by atoms with Crippen molar-refractivity contribution >= 4 is 5.91 Å². The van der Waals surface area contributed by atoms with Gasteiger partial charge in [0, 0.05) is 7.05 Å². The minimum absolute atomic E-state index is 0.102. The molecule has 5 nitrogen and oxygen atoms in total. The zero-order chi connectivity index (χ0) is 15.1. The first kappa shape index (κ1) is 14.8. The molecule has 1 saturated heterocycles. The summed E-state index contributed by atoms with van der Waals surface area (Å²) in [7, 11) is 3.33. The van der Waals surface area contributed by atoms with E-state index in [2.05, 4.69) is 0 Å². The van der Waals surface area contributed by atoms with Gasteiger partial charge in [0.2, 0.25) is 5.91 Å². The zero-order valence-electron chi connectivity index (χ0n) is 12.6. The number of rotatable bonds is 3. The van der Waals surface area contributed by atoms with Crippen molar-refractivity contribution in [1.29, 1.82) is 0 Å². The minimum atomic E-state index is -0.707. The third-order valence-electron chi connectivity index (χ3n) is 4.48. The first-order chi connectivity index (χ1) is 9.33. The van der Waals surface area contributed by atoms with Crippen molar-refractivity contribution in [3.8, 4) is 5.75 Å². The van der Waals surface area contributed by atoms with Gasteiger partial charge < -0.3 is 14.8 Å². The van der Waals surface area contributed by atoms with Crippen LogP contribution in [0.5, 0.6) is 5.75 Å². The molecule has 1 heterocycles. The summed E-state index contributed by atoms with van der Waals surface area (Å²) < 4.78 is 5.11. The molecule has 1 N–H and O–H groups in total. The van der Waals surface area contributed by atoms with Crippen molar-refractivity contribution < 1.29 is 14.7 Å². The van der Waals surface area contributed by atoms with E-state index in [1.807, 2.05) is 32.9 Å². The van der Waals surface area contributed by atoms with Crippen LogP contribution in [0.3, 0.4) is 0 Å². The lowest BCUT2D eigenvalue weighted by atomic mass is 9.97. The predicted octanol–water partition coefficient (Wildman–Crippen LogP) is 2.27. The fourth-order valence-corrected chi connectivity index (χ4v) is 2.65. The molecule has 1 aromatic carbocycles. The first-order valence-electron chi connectivity index (χ1n) is 6.73. The minimum Gasteiger partial charge on any atom is -0.497 e. The van der Waals surface area contributed by atoms with Gasteiger partial charge in [-0.1, -0.05) is 26.0 Å². The Hall–Kier alpha value is -1.59. The summed E-state index contributed by atoms with van der Waals surface area (Å²) in [4.78, 5) is 14.1. The van der Waals surface area contributed by atoms with E-state index in [0.29, 0.717) is 0 Å². The van der Waals surface area contributed by atoms with Crippen molar-refractivity contribution in [2.45, 2.75) is 32.5 Å². The van der Waals surface area contributed by atoms with Crippen LogP contribution in [0, 0.1) is 5.92 Å². The Morgan fingerprint density at radius 2 is 1.85 bits per heavy atom. The van der Waals surface area contributed by atoms with Gasteiger partial charge in [-0.25, -0.2) is 0 Å². The van der Waals surface area contributed by atoms with Crippen molar-refractivity contribution in [2.75, 3.05) is 14.2 Å². The number of carbonyl (C=O) groups excluding carboxylic acids is 1. The van der Waals surface area contributed by atoms with Gasteiger partial charge in [-0.3, -0.25) is 4.79 Å². The summed E-state index contributed by atoms with van der Waals surface area (Å²) in [6.45, 7) is 5.85. The maximum absolute atomic E-state index is 12.5. The van der Waals surface area contributed by atoms with Gasteiger partial charge in [-0.15, -0.1) is 5.06 Å². The smallest absolute Gasteiger partial charge is 0.248 e. The summed E-state index contributed by atoms with van der Waals surface area (Å²) >= 11 is 0. The molecule has 0 bridgehead atoms. The third kappa shape index (κ3) is 1.98. The van der Waals surface area contributed by atoms with Crippen LogP contribution in [0.25, 0.3) is 0 Å². The van der Waals surface area contributed by atoms with E-state index in [0.717, 1.165) is 11.3 Å². The Morgan fingerprint density at radius 1 is 1.30 bits per heavy atom. The van der Waals surface area contributed by atoms with Gasteiger partial charge in [0.25, 0.3) is 0 Å². The summed E-state index contributed by atoms with van der Waals surface area (Å²) in [5, 5.41) is 11.7. The van der Waals surface area contributed by atoms with Crippen molar-refractivity contribution in [1.82, 2.24) is 9.96 Å². The Kier molecular flexibility index (Phi) is 3.75. The van der Waals surface area contributed by atoms with Crippen LogP contribution in [-0.2, 0) is 4.79 Å². The second kappa shape index (κ2) is 5.07. The molecule has 2 rings (SSSR count). The molecule has 2 atom stereocenters. The Morgan fingerprint density at radius 3 is 2.25 bits per heavy atom. The number of carbonyl (C=O) groups is 1. The molecule has 0 saturated carbocycles. The standard InChI is InChI=1S/C15H22N2O3/c1-10(2)15(3)16(4)14(18)13(17(15)19)11-6-8-12(20-5)9-7-11/h6-10,13,19H,1-5H3/t13-,15-/m1/s1. The van der Waals surface area contributed by atoms with Gasteiger partial charge >= 0.3 is 0 Å². The maximum atomic E-state index is 12.5. The van der Waals surface area contributed by atoms with E-state index in [-0.39, 0.29) is 11.8 Å². The van der Waals surface area contributed by atoms with E-state index in [9.17, 15) is 10.0 Å². The summed E-state index contributed by atoms with van der Waals surface area (Å²) in [6, 6.07) is 6.54. The molecule has 0 radical (unpaired) electrons. The SMILES string of the molecule is COc1ccc([C@@H]2C(=O)N(C)[C@@](C)(C(C)C)N2O)cc1. The normalized spacial score (nSPS) is 27.4. The molecule has 20 heavy (non-hydrogen) atoms. The molecule has 1 amide bonds. The highest BCUT2D eigenvalue weighted by atomic mass is 16.5. The Labute approximate surface area is 119 Å². The number of benzene rings is 1. The highest BCUT2D eigenvalue weighted by molar-refractivity contribution is 5.86. The number of amides is 1. The number of hydrogen-bond acceptors (Lipinski definition) is 4. The number of ether oxygens (including phenoxy) is 1. The average Bonchev–Trinajstić information content (AvgIpc) is 2.61. The topological polar surface area (TPSA) is 53.0 Å². The van der Waals surface area contributed by atoms with Crippen LogP contribution in [0.4, 0.5) is 0 Å². The van der Waals surface area contributed by atoms with Crippen molar-refractivity contribution in [3.63, 3.8) is 0 Å². The molecule has 5 heteroatoms. The molecule has 110 valence electrons. The van der Waals surface area contributed by atoms with Crippen LogP contribution < -0.4 is 4.74 Å². The van der Waals surface area contributed by atoms with Crippen LogP contribution in [0.2, 0.25) is 0 Å². The predicted molar refractivity (Wildman–Crippen MR) is 75.4 cm³/mol. The van der Waals surface area contributed by atoms with Crippen molar-refractivity contribution in [3.05, 3.63) is 29.8 Å². The molecule has 1 aliphatic heterocycles. The lowest BCUT2D eigenvalue weighted by Gasteiger charge is -2.39. The number of nitrogens with zero attached hydrogens (tertiary/aromatic N) is 2. The van der Waals surface area contributed by atoms with E-state index in [4.69, 9.17) is 4.74 Å². The fourth-order valence-electron chi connectivity index (χ4n) is 2.65. The largest absolute Gasteiger partial charge is 0.497 e. The van der Waals surface area contributed by atoms with E-state index < -0.39 is 11.7 Å². The number of methoxy groups -OCH3 is 1. The molecule has 0 unspecified atom stereocenters. The van der Waals surface area contributed by atoms with E-state index in [1.165, 1.54) is 5.06 Å². The fraction of sp³-hybridized carbons (Fsp3) is 0.533. The first-order valence-corrected chi connectivity index (χ1v) is 6.73. The molecule has 0 aromatic heterocycles. The zero-order valence-corrected chi connectivity index (χ0v) is 12.6. The summed E-state index contributed by atoms with van der Waals surface area (Å²) in [5.41, 5.74) is 0.0522. The molecular formula is C15H22N2O3.